The number of ether oxygens (including phenoxy) is 1. The predicted molar refractivity (Wildman–Crippen MR) is 57.9 cm³/mol. The van der Waals surface area contributed by atoms with Gasteiger partial charge in [0.15, 0.2) is 5.58 Å². The maximum atomic E-state index is 5.29. The molecular weight excluding hydrogens is 281 g/mol. The Morgan fingerprint density at radius 3 is 3.15 bits per heavy atom. The van der Waals surface area contributed by atoms with Crippen LogP contribution in [0.4, 0.5) is 0 Å². The van der Waals surface area contributed by atoms with Crippen molar-refractivity contribution in [1.82, 2.24) is 5.16 Å². The van der Waals surface area contributed by atoms with Crippen LogP contribution >= 0.6 is 22.6 Å². The topological polar surface area (TPSA) is 35.3 Å². The number of halogens is 1. The van der Waals surface area contributed by atoms with Gasteiger partial charge in [-0.3, -0.25) is 0 Å². The van der Waals surface area contributed by atoms with Crippen molar-refractivity contribution in [3.05, 3.63) is 21.8 Å². The van der Waals surface area contributed by atoms with E-state index in [1.165, 1.54) is 0 Å². The van der Waals surface area contributed by atoms with Crippen LogP contribution in [0.2, 0.25) is 0 Å². The normalized spacial score (nSPS) is 10.6. The average molecular weight is 289 g/mol. The van der Waals surface area contributed by atoms with Crippen LogP contribution in [0.15, 0.2) is 22.7 Å². The molecule has 0 amide bonds. The summed E-state index contributed by atoms with van der Waals surface area (Å²) in [6, 6.07) is 5.90. The fraction of sp³-hybridized carbons (Fsp3) is 0.222. The van der Waals surface area contributed by atoms with Gasteiger partial charge in [-0.05, 0) is 52.9 Å². The first-order valence-electron chi connectivity index (χ1n) is 3.99. The number of nitrogens with zero attached hydrogens (tertiary/aromatic N) is 1. The molecular formula is C9H8INO2. The van der Waals surface area contributed by atoms with E-state index in [1.54, 1.807) is 0 Å². The summed E-state index contributed by atoms with van der Waals surface area (Å²) in [7, 11) is 0. The first-order valence-corrected chi connectivity index (χ1v) is 5.07. The van der Waals surface area contributed by atoms with E-state index in [9.17, 15) is 0 Å². The Bertz CT molecular complexity index is 424. The van der Waals surface area contributed by atoms with Crippen molar-refractivity contribution < 1.29 is 9.26 Å². The monoisotopic (exact) mass is 289 g/mol. The van der Waals surface area contributed by atoms with E-state index < -0.39 is 0 Å². The molecule has 2 rings (SSSR count). The van der Waals surface area contributed by atoms with Crippen molar-refractivity contribution in [2.45, 2.75) is 6.92 Å². The third-order valence-corrected chi connectivity index (χ3v) is 2.35. The smallest absolute Gasteiger partial charge is 0.262 e. The van der Waals surface area contributed by atoms with Gasteiger partial charge in [0, 0.05) is 3.57 Å². The summed E-state index contributed by atoms with van der Waals surface area (Å²) in [4.78, 5) is 0. The van der Waals surface area contributed by atoms with Gasteiger partial charge < -0.3 is 9.26 Å². The standard InChI is InChI=1S/C9H8INO2/c1-2-12-9-7-4-3-6(10)5-8(7)13-11-9/h3-5H,2H2,1H3. The van der Waals surface area contributed by atoms with Crippen LogP contribution in [0.5, 0.6) is 5.88 Å². The van der Waals surface area contributed by atoms with Crippen LogP contribution < -0.4 is 4.74 Å². The molecule has 0 radical (unpaired) electrons. The molecule has 1 heterocycles. The number of rotatable bonds is 2. The van der Waals surface area contributed by atoms with E-state index in [1.807, 2.05) is 25.1 Å². The lowest BCUT2D eigenvalue weighted by atomic mass is 10.3. The van der Waals surface area contributed by atoms with Crippen molar-refractivity contribution in [3.8, 4) is 5.88 Å². The largest absolute Gasteiger partial charge is 0.475 e. The van der Waals surface area contributed by atoms with Crippen molar-refractivity contribution in [2.75, 3.05) is 6.61 Å². The van der Waals surface area contributed by atoms with Gasteiger partial charge in [0.05, 0.1) is 12.0 Å². The van der Waals surface area contributed by atoms with E-state index >= 15 is 0 Å². The fourth-order valence-corrected chi connectivity index (χ4v) is 1.59. The van der Waals surface area contributed by atoms with Gasteiger partial charge >= 0.3 is 0 Å². The summed E-state index contributed by atoms with van der Waals surface area (Å²) in [5, 5.41) is 4.76. The summed E-state index contributed by atoms with van der Waals surface area (Å²) in [5.41, 5.74) is 0.773. The lowest BCUT2D eigenvalue weighted by Gasteiger charge is -1.95. The maximum Gasteiger partial charge on any atom is 0.262 e. The Morgan fingerprint density at radius 1 is 1.54 bits per heavy atom. The van der Waals surface area contributed by atoms with E-state index in [0.717, 1.165) is 14.5 Å². The number of benzene rings is 1. The van der Waals surface area contributed by atoms with Crippen LogP contribution in [0.3, 0.4) is 0 Å². The molecule has 0 atom stereocenters. The second-order valence-electron chi connectivity index (χ2n) is 2.56. The first kappa shape index (κ1) is 8.80. The highest BCUT2D eigenvalue weighted by atomic mass is 127. The third kappa shape index (κ3) is 1.63. The van der Waals surface area contributed by atoms with Crippen LogP contribution in [0, 0.1) is 3.57 Å². The lowest BCUT2D eigenvalue weighted by Crippen LogP contribution is -1.90. The summed E-state index contributed by atoms with van der Waals surface area (Å²) >= 11 is 2.23. The summed E-state index contributed by atoms with van der Waals surface area (Å²) in [6.07, 6.45) is 0. The molecule has 0 aliphatic carbocycles. The minimum absolute atomic E-state index is 0.578. The van der Waals surface area contributed by atoms with Gasteiger partial charge in [-0.15, -0.1) is 0 Å². The number of aromatic nitrogens is 1. The van der Waals surface area contributed by atoms with Gasteiger partial charge in [-0.25, -0.2) is 0 Å². The minimum atomic E-state index is 0.578. The SMILES string of the molecule is CCOc1noc2cc(I)ccc12. The molecule has 4 heteroatoms. The van der Waals surface area contributed by atoms with Gasteiger partial charge in [-0.1, -0.05) is 0 Å². The molecule has 0 bridgehead atoms. The van der Waals surface area contributed by atoms with Gasteiger partial charge in [0.1, 0.15) is 0 Å². The second kappa shape index (κ2) is 3.53. The third-order valence-electron chi connectivity index (χ3n) is 1.68. The average Bonchev–Trinajstić information content (AvgIpc) is 2.49. The Kier molecular flexibility index (Phi) is 2.39. The molecule has 0 fully saturated rings. The summed E-state index contributed by atoms with van der Waals surface area (Å²) in [6.45, 7) is 2.53. The molecule has 0 saturated carbocycles. The van der Waals surface area contributed by atoms with Crippen LogP contribution in [0.25, 0.3) is 11.0 Å². The number of hydrogen-bond acceptors (Lipinski definition) is 3. The first-order chi connectivity index (χ1) is 6.31. The molecule has 0 unspecified atom stereocenters. The maximum absolute atomic E-state index is 5.29. The van der Waals surface area contributed by atoms with E-state index in [4.69, 9.17) is 9.26 Å². The zero-order valence-electron chi connectivity index (χ0n) is 7.08. The molecule has 1 aromatic heterocycles. The van der Waals surface area contributed by atoms with Crippen molar-refractivity contribution in [3.63, 3.8) is 0 Å². The van der Waals surface area contributed by atoms with Gasteiger partial charge in [0.25, 0.3) is 5.88 Å². The zero-order valence-corrected chi connectivity index (χ0v) is 9.24. The Morgan fingerprint density at radius 2 is 2.38 bits per heavy atom. The van der Waals surface area contributed by atoms with Crippen LogP contribution in [-0.4, -0.2) is 11.8 Å². The highest BCUT2D eigenvalue weighted by Crippen LogP contribution is 2.25. The predicted octanol–water partition coefficient (Wildman–Crippen LogP) is 2.83. The van der Waals surface area contributed by atoms with Crippen molar-refractivity contribution in [2.24, 2.45) is 0 Å². The Labute approximate surface area is 89.2 Å². The molecule has 0 saturated heterocycles. The summed E-state index contributed by atoms with van der Waals surface area (Å²) < 4.78 is 11.5. The molecule has 0 spiro atoms. The van der Waals surface area contributed by atoms with E-state index in [0.29, 0.717) is 12.5 Å². The van der Waals surface area contributed by atoms with Crippen molar-refractivity contribution in [1.29, 1.82) is 0 Å². The van der Waals surface area contributed by atoms with Crippen LogP contribution in [0.1, 0.15) is 6.92 Å². The molecule has 0 N–H and O–H groups in total. The Balaban J connectivity index is 2.55. The highest BCUT2D eigenvalue weighted by Gasteiger charge is 2.07. The lowest BCUT2D eigenvalue weighted by molar-refractivity contribution is 0.301. The number of fused-ring (bicyclic) bond motifs is 1. The molecule has 3 nitrogen and oxygen atoms in total. The molecule has 0 aliphatic rings. The van der Waals surface area contributed by atoms with E-state index in [2.05, 4.69) is 27.7 Å². The van der Waals surface area contributed by atoms with Crippen molar-refractivity contribution >= 4 is 33.6 Å². The fourth-order valence-electron chi connectivity index (χ4n) is 1.13. The summed E-state index contributed by atoms with van der Waals surface area (Å²) in [5.74, 6) is 0.578. The quantitative estimate of drug-likeness (QED) is 0.797. The molecule has 0 aliphatic heterocycles. The van der Waals surface area contributed by atoms with E-state index in [-0.39, 0.29) is 0 Å². The second-order valence-corrected chi connectivity index (χ2v) is 3.81. The van der Waals surface area contributed by atoms with Gasteiger partial charge in [-0.2, -0.15) is 0 Å². The van der Waals surface area contributed by atoms with Crippen LogP contribution in [-0.2, 0) is 0 Å². The number of hydrogen-bond donors (Lipinski definition) is 0. The molecule has 13 heavy (non-hydrogen) atoms. The minimum Gasteiger partial charge on any atom is -0.475 e. The molecule has 68 valence electrons. The Hall–Kier alpha value is -0.780. The molecule has 1 aromatic carbocycles. The zero-order chi connectivity index (χ0) is 9.26. The molecule has 2 aromatic rings. The highest BCUT2D eigenvalue weighted by molar-refractivity contribution is 14.1. The van der Waals surface area contributed by atoms with Gasteiger partial charge in [0.2, 0.25) is 0 Å².